The number of hydrogen-bond donors (Lipinski definition) is 1. The van der Waals surface area contributed by atoms with Crippen LogP contribution in [0.3, 0.4) is 0 Å². The molecule has 1 N–H and O–H groups in total. The topological polar surface area (TPSA) is 84.7 Å². The molecule has 0 heterocycles. The fraction of sp³-hybridized carbons (Fsp3) is 0.278. The van der Waals surface area contributed by atoms with Crippen LogP contribution in [0.25, 0.3) is 0 Å². The van der Waals surface area contributed by atoms with E-state index in [2.05, 4.69) is 5.32 Å². The van der Waals surface area contributed by atoms with Crippen molar-refractivity contribution in [3.05, 3.63) is 70.0 Å². The van der Waals surface area contributed by atoms with Crippen LogP contribution < -0.4 is 10.1 Å². The van der Waals surface area contributed by atoms with Gasteiger partial charge in [0, 0.05) is 18.7 Å². The van der Waals surface area contributed by atoms with Crippen molar-refractivity contribution in [2.24, 2.45) is 0 Å². The van der Waals surface area contributed by atoms with Gasteiger partial charge in [0.2, 0.25) is 5.75 Å². The third-order valence-corrected chi connectivity index (χ3v) is 3.78. The highest BCUT2D eigenvalue weighted by molar-refractivity contribution is 5.77. The number of nitro groups is 1. The Kier molecular flexibility index (Phi) is 6.62. The lowest BCUT2D eigenvalue weighted by Crippen LogP contribution is -2.36. The Morgan fingerprint density at radius 2 is 1.96 bits per heavy atom. The van der Waals surface area contributed by atoms with E-state index in [0.29, 0.717) is 6.54 Å². The van der Waals surface area contributed by atoms with E-state index in [-0.39, 0.29) is 11.8 Å². The van der Waals surface area contributed by atoms with Gasteiger partial charge in [-0.2, -0.15) is 0 Å². The molecule has 1 amide bonds. The molecular formula is C18H20FN3O4. The van der Waals surface area contributed by atoms with Crippen LogP contribution in [0.2, 0.25) is 0 Å². The number of carbonyl (C=O) groups is 1. The standard InChI is InChI=1S/C18H20FN3O4/c1-21(2)16(13-6-4-3-5-7-13)11-20-18(23)12-26-17-10-14(19)8-9-15(17)22(24)25/h3-10,16H,11-12H2,1-2H3,(H,20,23)/t16-/m0/s1. The van der Waals surface area contributed by atoms with E-state index in [0.717, 1.165) is 23.8 Å². The summed E-state index contributed by atoms with van der Waals surface area (Å²) in [7, 11) is 3.80. The highest BCUT2D eigenvalue weighted by Gasteiger charge is 2.18. The molecule has 1 atom stereocenters. The summed E-state index contributed by atoms with van der Waals surface area (Å²) in [4.78, 5) is 24.2. The molecule has 0 aliphatic heterocycles. The normalized spacial score (nSPS) is 11.8. The lowest BCUT2D eigenvalue weighted by molar-refractivity contribution is -0.385. The number of amides is 1. The van der Waals surface area contributed by atoms with Crippen molar-refractivity contribution in [3.63, 3.8) is 0 Å². The van der Waals surface area contributed by atoms with Gasteiger partial charge in [-0.1, -0.05) is 30.3 Å². The maximum absolute atomic E-state index is 13.3. The van der Waals surface area contributed by atoms with Gasteiger partial charge in [-0.15, -0.1) is 0 Å². The van der Waals surface area contributed by atoms with Crippen LogP contribution in [0.1, 0.15) is 11.6 Å². The largest absolute Gasteiger partial charge is 0.477 e. The van der Waals surface area contributed by atoms with Crippen molar-refractivity contribution in [2.45, 2.75) is 6.04 Å². The van der Waals surface area contributed by atoms with Gasteiger partial charge >= 0.3 is 5.69 Å². The second-order valence-corrected chi connectivity index (χ2v) is 5.85. The number of nitro benzene ring substituents is 1. The number of benzene rings is 2. The summed E-state index contributed by atoms with van der Waals surface area (Å²) in [6.45, 7) is -0.107. The van der Waals surface area contributed by atoms with Crippen LogP contribution in [-0.4, -0.2) is 43.0 Å². The lowest BCUT2D eigenvalue weighted by Gasteiger charge is -2.25. The Hall–Kier alpha value is -3.00. The van der Waals surface area contributed by atoms with E-state index in [1.165, 1.54) is 0 Å². The van der Waals surface area contributed by atoms with E-state index < -0.39 is 28.9 Å². The quantitative estimate of drug-likeness (QED) is 0.577. The molecule has 138 valence electrons. The summed E-state index contributed by atoms with van der Waals surface area (Å²) in [5.74, 6) is -1.41. The number of nitrogens with one attached hydrogen (secondary N) is 1. The second kappa shape index (κ2) is 8.91. The molecule has 26 heavy (non-hydrogen) atoms. The number of hydrogen-bond acceptors (Lipinski definition) is 5. The van der Waals surface area contributed by atoms with Crippen LogP contribution in [0.5, 0.6) is 5.75 Å². The first-order chi connectivity index (χ1) is 12.4. The molecule has 2 aromatic rings. The number of carbonyl (C=O) groups excluding carboxylic acids is 1. The first-order valence-corrected chi connectivity index (χ1v) is 7.93. The molecule has 0 aromatic heterocycles. The van der Waals surface area contributed by atoms with Crippen LogP contribution in [-0.2, 0) is 4.79 Å². The lowest BCUT2D eigenvalue weighted by atomic mass is 10.1. The summed E-state index contributed by atoms with van der Waals surface area (Å²) < 4.78 is 18.4. The Labute approximate surface area is 150 Å². The van der Waals surface area contributed by atoms with Gasteiger partial charge in [-0.25, -0.2) is 4.39 Å². The first kappa shape index (κ1) is 19.3. The average Bonchev–Trinajstić information content (AvgIpc) is 2.60. The molecule has 8 heteroatoms. The molecule has 0 aliphatic rings. The van der Waals surface area contributed by atoms with E-state index in [1.54, 1.807) is 0 Å². The molecule has 0 fully saturated rings. The minimum atomic E-state index is -0.690. The van der Waals surface area contributed by atoms with Crippen LogP contribution >= 0.6 is 0 Å². The zero-order valence-corrected chi connectivity index (χ0v) is 14.5. The number of nitrogens with zero attached hydrogens (tertiary/aromatic N) is 2. The maximum atomic E-state index is 13.3. The van der Waals surface area contributed by atoms with Crippen molar-refractivity contribution in [3.8, 4) is 5.75 Å². The predicted octanol–water partition coefficient (Wildman–Crippen LogP) is 2.53. The van der Waals surface area contributed by atoms with Crippen LogP contribution in [0, 0.1) is 15.9 Å². The molecule has 0 aliphatic carbocycles. The molecular weight excluding hydrogens is 341 g/mol. The average molecular weight is 361 g/mol. The number of ether oxygens (including phenoxy) is 1. The van der Waals surface area contributed by atoms with Crippen LogP contribution in [0.4, 0.5) is 10.1 Å². The van der Waals surface area contributed by atoms with E-state index >= 15 is 0 Å². The van der Waals surface area contributed by atoms with Crippen molar-refractivity contribution >= 4 is 11.6 Å². The minimum absolute atomic E-state index is 0.0383. The highest BCUT2D eigenvalue weighted by Crippen LogP contribution is 2.27. The molecule has 0 spiro atoms. The van der Waals surface area contributed by atoms with Gasteiger partial charge in [0.1, 0.15) is 5.82 Å². The zero-order chi connectivity index (χ0) is 19.1. The summed E-state index contributed by atoms with van der Waals surface area (Å²) in [6.07, 6.45) is 0. The SMILES string of the molecule is CN(C)[C@@H](CNC(=O)COc1cc(F)ccc1[N+](=O)[O-])c1ccccc1. The van der Waals surface area contributed by atoms with Gasteiger partial charge in [0.15, 0.2) is 6.61 Å². The fourth-order valence-corrected chi connectivity index (χ4v) is 2.43. The summed E-state index contributed by atoms with van der Waals surface area (Å²) in [6, 6.07) is 12.5. The Balaban J connectivity index is 1.95. The van der Waals surface area contributed by atoms with E-state index in [9.17, 15) is 19.3 Å². The Morgan fingerprint density at radius 3 is 2.58 bits per heavy atom. The molecule has 7 nitrogen and oxygen atoms in total. The number of rotatable bonds is 8. The third-order valence-electron chi connectivity index (χ3n) is 3.78. The van der Waals surface area contributed by atoms with Crippen molar-refractivity contribution in [1.82, 2.24) is 10.2 Å². The summed E-state index contributed by atoms with van der Waals surface area (Å²) >= 11 is 0. The smallest absolute Gasteiger partial charge is 0.311 e. The van der Waals surface area contributed by atoms with Crippen molar-refractivity contribution in [2.75, 3.05) is 27.2 Å². The molecule has 0 radical (unpaired) electrons. The van der Waals surface area contributed by atoms with Gasteiger partial charge in [-0.05, 0) is 25.7 Å². The number of halogens is 1. The van der Waals surface area contributed by atoms with Gasteiger partial charge in [-0.3, -0.25) is 14.9 Å². The van der Waals surface area contributed by atoms with Crippen LogP contribution in [0.15, 0.2) is 48.5 Å². The zero-order valence-electron chi connectivity index (χ0n) is 14.5. The number of likely N-dealkylation sites (N-methyl/N-ethyl adjacent to an activating group) is 1. The predicted molar refractivity (Wildman–Crippen MR) is 94.4 cm³/mol. The molecule has 0 saturated carbocycles. The third kappa shape index (κ3) is 5.25. The second-order valence-electron chi connectivity index (χ2n) is 5.85. The van der Waals surface area contributed by atoms with Gasteiger partial charge in [0.05, 0.1) is 11.0 Å². The molecule has 0 unspecified atom stereocenters. The minimum Gasteiger partial charge on any atom is -0.477 e. The van der Waals surface area contributed by atoms with E-state index in [4.69, 9.17) is 4.74 Å². The molecule has 0 saturated heterocycles. The van der Waals surface area contributed by atoms with Gasteiger partial charge in [0.25, 0.3) is 5.91 Å². The summed E-state index contributed by atoms with van der Waals surface area (Å²) in [5, 5.41) is 13.6. The highest BCUT2D eigenvalue weighted by atomic mass is 19.1. The van der Waals surface area contributed by atoms with Gasteiger partial charge < -0.3 is 15.0 Å². The molecule has 2 aromatic carbocycles. The van der Waals surface area contributed by atoms with E-state index in [1.807, 2.05) is 49.3 Å². The van der Waals surface area contributed by atoms with Crippen molar-refractivity contribution < 1.29 is 18.8 Å². The Morgan fingerprint density at radius 1 is 1.27 bits per heavy atom. The maximum Gasteiger partial charge on any atom is 0.311 e. The molecule has 0 bridgehead atoms. The first-order valence-electron chi connectivity index (χ1n) is 7.93. The molecule has 2 rings (SSSR count). The fourth-order valence-electron chi connectivity index (χ4n) is 2.43. The Bertz CT molecular complexity index is 768. The monoisotopic (exact) mass is 361 g/mol. The van der Waals surface area contributed by atoms with Crippen molar-refractivity contribution in [1.29, 1.82) is 0 Å². The summed E-state index contributed by atoms with van der Waals surface area (Å²) in [5.41, 5.74) is 0.647.